The number of para-hydroxylation sites is 1. The maximum Gasteiger partial charge on any atom is 0.251 e. The zero-order chi connectivity index (χ0) is 18.8. The van der Waals surface area contributed by atoms with E-state index in [1.54, 1.807) is 25.3 Å². The molecule has 2 aliphatic heterocycles. The summed E-state index contributed by atoms with van der Waals surface area (Å²) in [5.74, 6) is 1.43. The Bertz CT molecular complexity index is 897. The maximum absolute atomic E-state index is 12.5. The molecule has 0 unspecified atom stereocenters. The Morgan fingerprint density at radius 2 is 2.19 bits per heavy atom. The molecule has 2 heterocycles. The van der Waals surface area contributed by atoms with Crippen molar-refractivity contribution in [3.8, 4) is 11.5 Å². The van der Waals surface area contributed by atoms with Gasteiger partial charge in [-0.05, 0) is 36.2 Å². The number of amides is 2. The lowest BCUT2D eigenvalue weighted by Crippen LogP contribution is -2.35. The van der Waals surface area contributed by atoms with Crippen LogP contribution in [0.2, 0.25) is 0 Å². The molecule has 140 valence electrons. The number of hydrogen-bond acceptors (Lipinski definition) is 5. The third kappa shape index (κ3) is 3.53. The minimum atomic E-state index is -0.172. The lowest BCUT2D eigenvalue weighted by Gasteiger charge is -2.26. The molecule has 0 spiro atoms. The van der Waals surface area contributed by atoms with E-state index >= 15 is 0 Å². The maximum atomic E-state index is 12.5. The third-order valence-electron chi connectivity index (χ3n) is 4.80. The molecule has 7 nitrogen and oxygen atoms in total. The largest absolute Gasteiger partial charge is 0.493 e. The summed E-state index contributed by atoms with van der Waals surface area (Å²) in [6, 6.07) is 11.1. The molecule has 2 aliphatic rings. The van der Waals surface area contributed by atoms with Crippen LogP contribution in [0.3, 0.4) is 0 Å². The summed E-state index contributed by atoms with van der Waals surface area (Å²) >= 11 is 0. The second kappa shape index (κ2) is 7.19. The summed E-state index contributed by atoms with van der Waals surface area (Å²) in [4.78, 5) is 24.0. The minimum Gasteiger partial charge on any atom is -0.493 e. The first-order valence-corrected chi connectivity index (χ1v) is 8.88. The van der Waals surface area contributed by atoms with Crippen molar-refractivity contribution < 1.29 is 19.1 Å². The third-order valence-corrected chi connectivity index (χ3v) is 4.80. The molecule has 0 radical (unpaired) electrons. The first kappa shape index (κ1) is 17.2. The van der Waals surface area contributed by atoms with Crippen LogP contribution >= 0.6 is 0 Å². The van der Waals surface area contributed by atoms with Gasteiger partial charge in [0, 0.05) is 18.0 Å². The summed E-state index contributed by atoms with van der Waals surface area (Å²) in [7, 11) is 1.63. The van der Waals surface area contributed by atoms with E-state index in [4.69, 9.17) is 9.47 Å². The van der Waals surface area contributed by atoms with Gasteiger partial charge in [0.2, 0.25) is 5.91 Å². The molecule has 0 fully saturated rings. The van der Waals surface area contributed by atoms with Crippen LogP contribution < -0.4 is 25.4 Å². The Morgan fingerprint density at radius 3 is 3.04 bits per heavy atom. The number of carbonyl (C=O) groups is 2. The highest BCUT2D eigenvalue weighted by molar-refractivity contribution is 6.03. The smallest absolute Gasteiger partial charge is 0.251 e. The normalized spacial score (nSPS) is 17.5. The lowest BCUT2D eigenvalue weighted by atomic mass is 9.96. The molecule has 4 rings (SSSR count). The van der Waals surface area contributed by atoms with Crippen LogP contribution in [0.5, 0.6) is 11.5 Å². The minimum absolute atomic E-state index is 0.117. The molecular weight excluding hydrogens is 346 g/mol. The number of rotatable bonds is 4. The van der Waals surface area contributed by atoms with Crippen molar-refractivity contribution in [1.29, 1.82) is 0 Å². The predicted octanol–water partition coefficient (Wildman–Crippen LogP) is 2.04. The van der Waals surface area contributed by atoms with E-state index in [1.165, 1.54) is 0 Å². The van der Waals surface area contributed by atoms with Gasteiger partial charge in [-0.1, -0.05) is 12.1 Å². The van der Waals surface area contributed by atoms with Crippen LogP contribution in [0.4, 0.5) is 11.4 Å². The molecule has 0 saturated heterocycles. The number of anilines is 2. The van der Waals surface area contributed by atoms with Gasteiger partial charge < -0.3 is 25.4 Å². The average molecular weight is 367 g/mol. The van der Waals surface area contributed by atoms with Gasteiger partial charge in [0.1, 0.15) is 0 Å². The number of benzene rings is 2. The molecule has 2 aromatic carbocycles. The fraction of sp³-hybridized carbons (Fsp3) is 0.300. The van der Waals surface area contributed by atoms with Crippen LogP contribution in [-0.2, 0) is 11.2 Å². The molecule has 0 aromatic heterocycles. The standard InChI is InChI=1S/C20H21N3O4/c1-26-17-4-2-3-13-7-12(11-27-19(13)17)9-22-20(25)14-5-6-15-16(8-14)23-18(24)10-21-15/h2-6,8,12,21H,7,9-11H2,1H3,(H,22,25)(H,23,24)/t12-/m1/s1. The summed E-state index contributed by atoms with van der Waals surface area (Å²) in [5, 5.41) is 8.74. The monoisotopic (exact) mass is 367 g/mol. The van der Waals surface area contributed by atoms with Crippen LogP contribution in [-0.4, -0.2) is 38.6 Å². The van der Waals surface area contributed by atoms with Gasteiger partial charge in [0.25, 0.3) is 5.91 Å². The van der Waals surface area contributed by atoms with Crippen molar-refractivity contribution in [3.05, 3.63) is 47.5 Å². The summed E-state index contributed by atoms with van der Waals surface area (Å²) in [5.41, 5.74) is 3.04. The zero-order valence-electron chi connectivity index (χ0n) is 15.0. The first-order chi connectivity index (χ1) is 13.1. The Hall–Kier alpha value is -3.22. The van der Waals surface area contributed by atoms with Crippen LogP contribution in [0.15, 0.2) is 36.4 Å². The highest BCUT2D eigenvalue weighted by Gasteiger charge is 2.23. The van der Waals surface area contributed by atoms with Crippen molar-refractivity contribution in [2.24, 2.45) is 5.92 Å². The number of nitrogens with one attached hydrogen (secondary N) is 3. The van der Waals surface area contributed by atoms with E-state index in [0.29, 0.717) is 24.4 Å². The van der Waals surface area contributed by atoms with Gasteiger partial charge in [0.05, 0.1) is 31.6 Å². The topological polar surface area (TPSA) is 88.7 Å². The van der Waals surface area contributed by atoms with E-state index in [-0.39, 0.29) is 24.3 Å². The van der Waals surface area contributed by atoms with Gasteiger partial charge >= 0.3 is 0 Å². The second-order valence-electron chi connectivity index (χ2n) is 6.70. The van der Waals surface area contributed by atoms with Gasteiger partial charge in [-0.2, -0.15) is 0 Å². The van der Waals surface area contributed by atoms with Crippen LogP contribution in [0.1, 0.15) is 15.9 Å². The summed E-state index contributed by atoms with van der Waals surface area (Å²) in [6.07, 6.45) is 0.816. The second-order valence-corrected chi connectivity index (χ2v) is 6.70. The summed E-state index contributed by atoms with van der Waals surface area (Å²) in [6.45, 7) is 1.28. The number of carbonyl (C=O) groups excluding carboxylic acids is 2. The van der Waals surface area contributed by atoms with Crippen molar-refractivity contribution in [1.82, 2.24) is 5.32 Å². The average Bonchev–Trinajstić information content (AvgIpc) is 2.70. The molecule has 7 heteroatoms. The number of hydrogen-bond donors (Lipinski definition) is 3. The molecule has 0 saturated carbocycles. The van der Waals surface area contributed by atoms with Crippen molar-refractivity contribution in [2.75, 3.05) is 37.4 Å². The Kier molecular flexibility index (Phi) is 4.58. The molecule has 0 bridgehead atoms. The first-order valence-electron chi connectivity index (χ1n) is 8.88. The molecule has 3 N–H and O–H groups in total. The number of methoxy groups -OCH3 is 1. The highest BCUT2D eigenvalue weighted by atomic mass is 16.5. The highest BCUT2D eigenvalue weighted by Crippen LogP contribution is 2.35. The number of ether oxygens (including phenoxy) is 2. The zero-order valence-corrected chi connectivity index (χ0v) is 15.0. The van der Waals surface area contributed by atoms with Gasteiger partial charge in [-0.25, -0.2) is 0 Å². The SMILES string of the molecule is COc1cccc2c1OC[C@@H](CNC(=O)c1ccc3c(c1)NC(=O)CN3)C2. The van der Waals surface area contributed by atoms with E-state index < -0.39 is 0 Å². The van der Waals surface area contributed by atoms with Crippen LogP contribution in [0.25, 0.3) is 0 Å². The van der Waals surface area contributed by atoms with E-state index in [9.17, 15) is 9.59 Å². The Labute approximate surface area is 157 Å². The lowest BCUT2D eigenvalue weighted by molar-refractivity contribution is -0.114. The van der Waals surface area contributed by atoms with Crippen LogP contribution in [0, 0.1) is 5.92 Å². The van der Waals surface area contributed by atoms with Gasteiger partial charge in [0.15, 0.2) is 11.5 Å². The quantitative estimate of drug-likeness (QED) is 0.770. The molecule has 27 heavy (non-hydrogen) atoms. The fourth-order valence-electron chi connectivity index (χ4n) is 3.40. The Balaban J connectivity index is 1.39. The summed E-state index contributed by atoms with van der Waals surface area (Å²) < 4.78 is 11.2. The van der Waals surface area contributed by atoms with Crippen molar-refractivity contribution in [2.45, 2.75) is 6.42 Å². The van der Waals surface area contributed by atoms with Crippen molar-refractivity contribution >= 4 is 23.2 Å². The van der Waals surface area contributed by atoms with E-state index in [0.717, 1.165) is 29.2 Å². The number of fused-ring (bicyclic) bond motifs is 2. The Morgan fingerprint density at radius 1 is 1.30 bits per heavy atom. The van der Waals surface area contributed by atoms with Gasteiger partial charge in [-0.15, -0.1) is 0 Å². The molecule has 0 aliphatic carbocycles. The van der Waals surface area contributed by atoms with Crippen molar-refractivity contribution in [3.63, 3.8) is 0 Å². The van der Waals surface area contributed by atoms with Gasteiger partial charge in [-0.3, -0.25) is 9.59 Å². The molecular formula is C20H21N3O4. The molecule has 1 atom stereocenters. The van der Waals surface area contributed by atoms with E-state index in [1.807, 2.05) is 18.2 Å². The molecule has 2 amide bonds. The predicted molar refractivity (Wildman–Crippen MR) is 102 cm³/mol. The van der Waals surface area contributed by atoms with E-state index in [2.05, 4.69) is 16.0 Å². The fourth-order valence-corrected chi connectivity index (χ4v) is 3.40. The molecule has 2 aromatic rings.